The normalized spacial score (nSPS) is 17.3. The first kappa shape index (κ1) is 35.3. The Hall–Kier alpha value is -3.56. The van der Waals surface area contributed by atoms with Gasteiger partial charge in [0.05, 0.1) is 49.9 Å². The Morgan fingerprint density at radius 3 is 2.28 bits per heavy atom. The van der Waals surface area contributed by atoms with Crippen molar-refractivity contribution in [1.29, 1.82) is 0 Å². The van der Waals surface area contributed by atoms with E-state index in [0.29, 0.717) is 32.5 Å². The van der Waals surface area contributed by atoms with Crippen molar-refractivity contribution in [2.75, 3.05) is 13.7 Å². The zero-order valence-electron chi connectivity index (χ0n) is 29.3. The van der Waals surface area contributed by atoms with Crippen LogP contribution in [-0.4, -0.2) is 55.1 Å². The van der Waals surface area contributed by atoms with E-state index in [-0.39, 0.29) is 17.0 Å². The molecule has 0 saturated heterocycles. The minimum atomic E-state index is -2.15. The van der Waals surface area contributed by atoms with Crippen LogP contribution in [0, 0.1) is 0 Å². The second kappa shape index (κ2) is 14.1. The van der Waals surface area contributed by atoms with E-state index in [1.165, 1.54) is 0 Å². The van der Waals surface area contributed by atoms with Crippen LogP contribution in [0.25, 0.3) is 10.9 Å². The van der Waals surface area contributed by atoms with Gasteiger partial charge in [-0.1, -0.05) is 58.0 Å². The van der Waals surface area contributed by atoms with Crippen LogP contribution < -0.4 is 4.74 Å². The van der Waals surface area contributed by atoms with Gasteiger partial charge in [-0.05, 0) is 87.1 Å². The molecule has 9 heteroatoms. The molecule has 0 unspecified atom stereocenters. The summed E-state index contributed by atoms with van der Waals surface area (Å²) in [6.45, 7) is 19.3. The van der Waals surface area contributed by atoms with Gasteiger partial charge in [-0.3, -0.25) is 4.79 Å². The molecule has 4 rings (SSSR count). The number of amides is 1. The zero-order chi connectivity index (χ0) is 33.9. The largest absolute Gasteiger partial charge is 0.549 e. The second-order valence-corrected chi connectivity index (χ2v) is 19.4. The standard InChI is InChI=1S/C37H52N2O6Si/c1-11-14-33(40)38-27(25-43-24-26-17-19-28(42-8)20-18-26)23-30-29-15-12-13-16-31(29)39(35(41)45-36(2,3)4)34(30)32(38)21-22-44-46(9,10)37(5,6)7/h12-13,15-22,27,32H,11,14,23-25H2,1-10H3/b22-21+/t27-,32+/m0/s1. The number of aromatic nitrogens is 1. The molecule has 0 N–H and O–H groups in total. The minimum Gasteiger partial charge on any atom is -0.549 e. The van der Waals surface area contributed by atoms with Crippen molar-refractivity contribution < 1.29 is 28.2 Å². The summed E-state index contributed by atoms with van der Waals surface area (Å²) in [5.74, 6) is 0.796. The molecule has 1 amide bonds. The minimum absolute atomic E-state index is 0.00394. The average molecular weight is 649 g/mol. The summed E-state index contributed by atoms with van der Waals surface area (Å²) in [5.41, 5.74) is 2.83. The van der Waals surface area contributed by atoms with Crippen molar-refractivity contribution in [3.8, 4) is 5.75 Å². The first-order chi connectivity index (χ1) is 21.6. The number of rotatable bonds is 10. The first-order valence-electron chi connectivity index (χ1n) is 16.3. The van der Waals surface area contributed by atoms with Crippen LogP contribution in [0.3, 0.4) is 0 Å². The number of fused-ring (bicyclic) bond motifs is 3. The molecule has 0 saturated carbocycles. The SMILES string of the molecule is CCCC(=O)N1[C@H](COCc2ccc(OC)cc2)Cc2c(n(C(=O)OC(C)(C)C)c3ccccc23)[C@H]1/C=C/O[Si](C)(C)C(C)(C)C. The Morgan fingerprint density at radius 1 is 1.00 bits per heavy atom. The van der Waals surface area contributed by atoms with Gasteiger partial charge in [0, 0.05) is 11.8 Å². The third-order valence-corrected chi connectivity index (χ3v) is 13.3. The van der Waals surface area contributed by atoms with Crippen molar-refractivity contribution in [3.63, 3.8) is 0 Å². The molecule has 0 spiro atoms. The number of benzene rings is 2. The van der Waals surface area contributed by atoms with Crippen LogP contribution in [0.15, 0.2) is 60.9 Å². The van der Waals surface area contributed by atoms with Crippen molar-refractivity contribution in [3.05, 3.63) is 77.7 Å². The molecular formula is C37H52N2O6Si. The Kier molecular flexibility index (Phi) is 10.8. The number of hydrogen-bond donors (Lipinski definition) is 0. The average Bonchev–Trinajstić information content (AvgIpc) is 3.30. The van der Waals surface area contributed by atoms with Gasteiger partial charge >= 0.3 is 6.09 Å². The highest BCUT2D eigenvalue weighted by Crippen LogP contribution is 2.42. The van der Waals surface area contributed by atoms with Crippen LogP contribution in [0.1, 0.15) is 84.2 Å². The summed E-state index contributed by atoms with van der Waals surface area (Å²) < 4.78 is 25.7. The third kappa shape index (κ3) is 7.86. The van der Waals surface area contributed by atoms with Gasteiger partial charge in [-0.2, -0.15) is 0 Å². The van der Waals surface area contributed by atoms with Gasteiger partial charge < -0.3 is 23.5 Å². The van der Waals surface area contributed by atoms with Crippen LogP contribution in [0.5, 0.6) is 5.75 Å². The smallest absolute Gasteiger partial charge is 0.419 e. The number of nitrogens with zero attached hydrogens (tertiary/aromatic N) is 2. The Balaban J connectivity index is 1.83. The molecule has 1 aliphatic rings. The molecule has 3 aromatic rings. The molecular weight excluding hydrogens is 597 g/mol. The van der Waals surface area contributed by atoms with Gasteiger partial charge in [-0.25, -0.2) is 9.36 Å². The van der Waals surface area contributed by atoms with Crippen molar-refractivity contribution in [1.82, 2.24) is 9.47 Å². The fourth-order valence-corrected chi connectivity index (χ4v) is 6.34. The van der Waals surface area contributed by atoms with Crippen molar-refractivity contribution in [2.45, 2.75) is 110 Å². The molecule has 250 valence electrons. The first-order valence-corrected chi connectivity index (χ1v) is 19.2. The number of carbonyl (C=O) groups excluding carboxylic acids is 2. The van der Waals surface area contributed by atoms with Gasteiger partial charge in [0.25, 0.3) is 0 Å². The van der Waals surface area contributed by atoms with Gasteiger partial charge in [0.2, 0.25) is 14.2 Å². The highest BCUT2D eigenvalue weighted by molar-refractivity contribution is 6.74. The maximum Gasteiger partial charge on any atom is 0.419 e. The Morgan fingerprint density at radius 2 is 1.67 bits per heavy atom. The molecule has 46 heavy (non-hydrogen) atoms. The maximum absolute atomic E-state index is 14.0. The molecule has 1 aliphatic heterocycles. The lowest BCUT2D eigenvalue weighted by molar-refractivity contribution is -0.138. The number of methoxy groups -OCH3 is 1. The third-order valence-electron chi connectivity index (χ3n) is 8.93. The van der Waals surface area contributed by atoms with E-state index in [1.54, 1.807) is 17.9 Å². The lowest BCUT2D eigenvalue weighted by Crippen LogP contribution is -2.50. The molecule has 8 nitrogen and oxygen atoms in total. The molecule has 0 fully saturated rings. The van der Waals surface area contributed by atoms with E-state index in [4.69, 9.17) is 18.6 Å². The van der Waals surface area contributed by atoms with Crippen LogP contribution in [-0.2, 0) is 31.7 Å². The summed E-state index contributed by atoms with van der Waals surface area (Å²) in [7, 11) is -0.504. The van der Waals surface area contributed by atoms with E-state index in [2.05, 4.69) is 33.9 Å². The second-order valence-electron chi connectivity index (χ2n) is 14.6. The molecule has 2 atom stereocenters. The molecule has 2 aromatic carbocycles. The fourth-order valence-electron chi connectivity index (χ4n) is 5.57. The predicted molar refractivity (Wildman–Crippen MR) is 186 cm³/mol. The molecule has 0 bridgehead atoms. The summed E-state index contributed by atoms with van der Waals surface area (Å²) in [5, 5.41) is 0.963. The maximum atomic E-state index is 14.0. The van der Waals surface area contributed by atoms with E-state index in [9.17, 15) is 9.59 Å². The van der Waals surface area contributed by atoms with E-state index in [1.807, 2.05) is 87.2 Å². The van der Waals surface area contributed by atoms with Gasteiger partial charge in [-0.15, -0.1) is 0 Å². The summed E-state index contributed by atoms with van der Waals surface area (Å²) in [4.78, 5) is 29.9. The Bertz CT molecular complexity index is 1540. The summed E-state index contributed by atoms with van der Waals surface area (Å²) >= 11 is 0. The zero-order valence-corrected chi connectivity index (χ0v) is 30.3. The summed E-state index contributed by atoms with van der Waals surface area (Å²) in [6.07, 6.45) is 4.86. The van der Waals surface area contributed by atoms with E-state index >= 15 is 0 Å². The quantitative estimate of drug-likeness (QED) is 0.162. The number of carbonyl (C=O) groups is 2. The number of para-hydroxylation sites is 1. The fraction of sp³-hybridized carbons (Fsp3) is 0.514. The summed E-state index contributed by atoms with van der Waals surface area (Å²) in [6, 6.07) is 14.9. The van der Waals surface area contributed by atoms with Crippen LogP contribution in [0.2, 0.25) is 18.1 Å². The lowest BCUT2D eigenvalue weighted by Gasteiger charge is -2.42. The van der Waals surface area contributed by atoms with Crippen molar-refractivity contribution in [2.24, 2.45) is 0 Å². The van der Waals surface area contributed by atoms with E-state index < -0.39 is 26.1 Å². The lowest BCUT2D eigenvalue weighted by atomic mass is 9.91. The highest BCUT2D eigenvalue weighted by Gasteiger charge is 2.42. The van der Waals surface area contributed by atoms with Crippen molar-refractivity contribution >= 4 is 31.2 Å². The molecule has 0 radical (unpaired) electrons. The van der Waals surface area contributed by atoms with Crippen LogP contribution >= 0.6 is 0 Å². The molecule has 1 aromatic heterocycles. The van der Waals surface area contributed by atoms with Gasteiger partial charge in [0.1, 0.15) is 11.4 Å². The monoisotopic (exact) mass is 648 g/mol. The topological polar surface area (TPSA) is 79.2 Å². The predicted octanol–water partition coefficient (Wildman–Crippen LogP) is 8.78. The number of hydrogen-bond acceptors (Lipinski definition) is 6. The highest BCUT2D eigenvalue weighted by atomic mass is 28.4. The molecule has 0 aliphatic carbocycles. The molecule has 2 heterocycles. The Labute approximate surface area is 275 Å². The van der Waals surface area contributed by atoms with E-state index in [0.717, 1.165) is 33.5 Å². The van der Waals surface area contributed by atoms with Gasteiger partial charge in [0.15, 0.2) is 0 Å². The van der Waals surface area contributed by atoms with Crippen LogP contribution in [0.4, 0.5) is 4.79 Å². The number of ether oxygens (including phenoxy) is 3.